The average molecular weight is 497 g/mol. The van der Waals surface area contributed by atoms with Gasteiger partial charge in [0, 0.05) is 31.1 Å². The lowest BCUT2D eigenvalue weighted by molar-refractivity contribution is -0.149. The summed E-state index contributed by atoms with van der Waals surface area (Å²) in [6.07, 6.45) is 21.0. The number of carboxylic acid groups (broad SMARTS) is 1. The highest BCUT2D eigenvalue weighted by molar-refractivity contribution is 5.92. The van der Waals surface area contributed by atoms with Gasteiger partial charge in [-0.3, -0.25) is 9.59 Å². The van der Waals surface area contributed by atoms with Crippen LogP contribution in [0.15, 0.2) is 42.5 Å². The SMILES string of the molecule is C/C=C/C=C/C(=O)N1Cc2cc(NC(=O)CCCCCCCCCCCCC)ccc2C[C@H]1C(=O)O. The van der Waals surface area contributed by atoms with Crippen LogP contribution in [0.25, 0.3) is 0 Å². The van der Waals surface area contributed by atoms with Gasteiger partial charge in [-0.2, -0.15) is 0 Å². The van der Waals surface area contributed by atoms with Crippen molar-refractivity contribution in [1.29, 1.82) is 0 Å². The van der Waals surface area contributed by atoms with E-state index in [2.05, 4.69) is 12.2 Å². The summed E-state index contributed by atoms with van der Waals surface area (Å²) < 4.78 is 0. The lowest BCUT2D eigenvalue weighted by Gasteiger charge is -2.34. The van der Waals surface area contributed by atoms with E-state index in [0.717, 1.165) is 24.0 Å². The molecular weight excluding hydrogens is 452 g/mol. The first kappa shape index (κ1) is 29.3. The summed E-state index contributed by atoms with van der Waals surface area (Å²) in [7, 11) is 0. The summed E-state index contributed by atoms with van der Waals surface area (Å²) in [5.74, 6) is -1.36. The Morgan fingerprint density at radius 2 is 1.58 bits per heavy atom. The maximum Gasteiger partial charge on any atom is 0.326 e. The quantitative estimate of drug-likeness (QED) is 0.150. The third-order valence-corrected chi connectivity index (χ3v) is 6.74. The minimum atomic E-state index is -1.02. The first-order valence-electron chi connectivity index (χ1n) is 13.7. The number of carboxylic acids is 1. The van der Waals surface area contributed by atoms with Gasteiger partial charge in [-0.15, -0.1) is 0 Å². The number of carbonyl (C=O) groups is 3. The number of nitrogens with zero attached hydrogens (tertiary/aromatic N) is 1. The molecule has 198 valence electrons. The topological polar surface area (TPSA) is 86.7 Å². The van der Waals surface area contributed by atoms with Gasteiger partial charge in [-0.05, 0) is 36.6 Å². The number of benzene rings is 1. The smallest absolute Gasteiger partial charge is 0.326 e. The molecule has 0 aliphatic carbocycles. The summed E-state index contributed by atoms with van der Waals surface area (Å²) in [5, 5.41) is 12.6. The molecule has 6 heteroatoms. The second-order valence-electron chi connectivity index (χ2n) is 9.73. The van der Waals surface area contributed by atoms with Crippen molar-refractivity contribution < 1.29 is 19.5 Å². The Bertz CT molecular complexity index is 906. The maximum atomic E-state index is 12.6. The lowest BCUT2D eigenvalue weighted by atomic mass is 9.93. The van der Waals surface area contributed by atoms with Crippen LogP contribution < -0.4 is 5.32 Å². The first-order valence-corrected chi connectivity index (χ1v) is 13.7. The van der Waals surface area contributed by atoms with Gasteiger partial charge in [-0.1, -0.05) is 95.4 Å². The summed E-state index contributed by atoms with van der Waals surface area (Å²) in [4.78, 5) is 38.2. The van der Waals surface area contributed by atoms with Crippen molar-refractivity contribution in [1.82, 2.24) is 4.90 Å². The average Bonchev–Trinajstić information content (AvgIpc) is 2.86. The summed E-state index contributed by atoms with van der Waals surface area (Å²) in [5.41, 5.74) is 2.45. The van der Waals surface area contributed by atoms with E-state index >= 15 is 0 Å². The predicted octanol–water partition coefficient (Wildman–Crippen LogP) is 6.80. The third-order valence-electron chi connectivity index (χ3n) is 6.74. The molecule has 1 heterocycles. The minimum Gasteiger partial charge on any atom is -0.480 e. The number of aliphatic carboxylic acids is 1. The van der Waals surface area contributed by atoms with Crippen molar-refractivity contribution in [2.75, 3.05) is 5.32 Å². The fourth-order valence-corrected chi connectivity index (χ4v) is 4.63. The zero-order chi connectivity index (χ0) is 26.2. The Hall–Kier alpha value is -2.89. The lowest BCUT2D eigenvalue weighted by Crippen LogP contribution is -2.48. The fourth-order valence-electron chi connectivity index (χ4n) is 4.63. The van der Waals surface area contributed by atoms with Crippen LogP contribution in [0.2, 0.25) is 0 Å². The number of nitrogens with one attached hydrogen (secondary N) is 1. The van der Waals surface area contributed by atoms with E-state index in [-0.39, 0.29) is 24.8 Å². The number of rotatable bonds is 16. The third kappa shape index (κ3) is 10.4. The van der Waals surface area contributed by atoms with E-state index in [1.165, 1.54) is 68.8 Å². The van der Waals surface area contributed by atoms with Crippen molar-refractivity contribution >= 4 is 23.5 Å². The number of fused-ring (bicyclic) bond motifs is 1. The highest BCUT2D eigenvalue weighted by Crippen LogP contribution is 2.27. The van der Waals surface area contributed by atoms with Crippen LogP contribution in [-0.4, -0.2) is 33.8 Å². The first-order chi connectivity index (χ1) is 17.5. The number of amides is 2. The molecule has 0 fully saturated rings. The Morgan fingerprint density at radius 3 is 2.19 bits per heavy atom. The highest BCUT2D eigenvalue weighted by atomic mass is 16.4. The maximum absolute atomic E-state index is 12.6. The number of anilines is 1. The second-order valence-corrected chi connectivity index (χ2v) is 9.73. The molecule has 1 aliphatic heterocycles. The van der Waals surface area contributed by atoms with Crippen LogP contribution in [0.1, 0.15) is 102 Å². The van der Waals surface area contributed by atoms with Gasteiger partial charge in [0.25, 0.3) is 0 Å². The van der Waals surface area contributed by atoms with Crippen LogP contribution >= 0.6 is 0 Å². The van der Waals surface area contributed by atoms with Gasteiger partial charge in [0.1, 0.15) is 6.04 Å². The molecule has 0 radical (unpaired) electrons. The number of unbranched alkanes of at least 4 members (excludes halogenated alkanes) is 10. The van der Waals surface area contributed by atoms with Gasteiger partial charge < -0.3 is 15.3 Å². The van der Waals surface area contributed by atoms with Crippen LogP contribution in [0.5, 0.6) is 0 Å². The number of carbonyl (C=O) groups excluding carboxylic acids is 2. The minimum absolute atomic E-state index is 0.00712. The molecule has 0 bridgehead atoms. The molecule has 0 saturated carbocycles. The summed E-state index contributed by atoms with van der Waals surface area (Å²) in [6, 6.07) is 4.64. The number of allylic oxidation sites excluding steroid dienone is 3. The summed E-state index contributed by atoms with van der Waals surface area (Å²) >= 11 is 0. The zero-order valence-corrected chi connectivity index (χ0v) is 22.1. The monoisotopic (exact) mass is 496 g/mol. The van der Waals surface area contributed by atoms with Gasteiger partial charge in [0.2, 0.25) is 11.8 Å². The molecule has 1 aliphatic rings. The molecule has 2 amide bonds. The van der Waals surface area contributed by atoms with E-state index in [1.807, 2.05) is 25.1 Å². The Labute approximate surface area is 216 Å². The van der Waals surface area contributed by atoms with Crippen LogP contribution in [0, 0.1) is 0 Å². The molecule has 2 N–H and O–H groups in total. The Balaban J connectivity index is 1.78. The van der Waals surface area contributed by atoms with E-state index in [0.29, 0.717) is 12.1 Å². The second kappa shape index (κ2) is 16.7. The fraction of sp³-hybridized carbons (Fsp3) is 0.567. The standard InChI is InChI=1S/C30H44N2O4/c1-3-5-7-8-9-10-11-12-13-14-16-17-28(33)31-26-20-19-24-22-27(30(35)36)32(23-25(24)21-26)29(34)18-15-6-4-2/h4,6,15,18-21,27H,3,5,7-14,16-17,22-23H2,1-2H3,(H,31,33)(H,35,36)/b6-4+,18-15+/t27-/m0/s1. The zero-order valence-electron chi connectivity index (χ0n) is 22.1. The Morgan fingerprint density at radius 1 is 0.944 bits per heavy atom. The van der Waals surface area contributed by atoms with Gasteiger partial charge in [0.15, 0.2) is 0 Å². The van der Waals surface area contributed by atoms with Crippen molar-refractivity contribution in [3.05, 3.63) is 53.6 Å². The molecule has 1 atom stereocenters. The molecule has 6 nitrogen and oxygen atoms in total. The highest BCUT2D eigenvalue weighted by Gasteiger charge is 2.33. The van der Waals surface area contributed by atoms with Gasteiger partial charge in [-0.25, -0.2) is 4.79 Å². The normalized spacial score (nSPS) is 15.4. The van der Waals surface area contributed by atoms with E-state index in [4.69, 9.17) is 0 Å². The molecule has 0 unspecified atom stereocenters. The number of hydrogen-bond donors (Lipinski definition) is 2. The predicted molar refractivity (Wildman–Crippen MR) is 146 cm³/mol. The number of hydrogen-bond acceptors (Lipinski definition) is 3. The molecule has 0 saturated heterocycles. The van der Waals surface area contributed by atoms with Crippen LogP contribution in [0.3, 0.4) is 0 Å². The van der Waals surface area contributed by atoms with E-state index < -0.39 is 12.0 Å². The molecule has 1 aromatic rings. The van der Waals surface area contributed by atoms with Crippen molar-refractivity contribution in [2.45, 2.75) is 110 Å². The van der Waals surface area contributed by atoms with Crippen molar-refractivity contribution in [3.8, 4) is 0 Å². The summed E-state index contributed by atoms with van der Waals surface area (Å²) in [6.45, 7) is 4.29. The van der Waals surface area contributed by atoms with Gasteiger partial charge in [0.05, 0.1) is 0 Å². The molecule has 0 spiro atoms. The van der Waals surface area contributed by atoms with Crippen molar-refractivity contribution in [3.63, 3.8) is 0 Å². The van der Waals surface area contributed by atoms with Crippen molar-refractivity contribution in [2.24, 2.45) is 0 Å². The van der Waals surface area contributed by atoms with Crippen LogP contribution in [0.4, 0.5) is 5.69 Å². The van der Waals surface area contributed by atoms with E-state index in [1.54, 1.807) is 18.2 Å². The van der Waals surface area contributed by atoms with E-state index in [9.17, 15) is 19.5 Å². The Kier molecular flexibility index (Phi) is 13.6. The largest absolute Gasteiger partial charge is 0.480 e. The molecule has 0 aromatic heterocycles. The molecular formula is C30H44N2O4. The molecule has 1 aromatic carbocycles. The van der Waals surface area contributed by atoms with Gasteiger partial charge >= 0.3 is 5.97 Å². The molecule has 36 heavy (non-hydrogen) atoms. The van der Waals surface area contributed by atoms with Crippen LogP contribution in [-0.2, 0) is 27.3 Å². The molecule has 2 rings (SSSR count).